The second-order valence-corrected chi connectivity index (χ2v) is 12.2. The highest BCUT2D eigenvalue weighted by Gasteiger charge is 2.19. The molecule has 1 fully saturated rings. The topological polar surface area (TPSA) is 106 Å². The summed E-state index contributed by atoms with van der Waals surface area (Å²) in [5, 5.41) is 13.3. The Balaban J connectivity index is 1.09. The molecule has 0 bridgehead atoms. The van der Waals surface area contributed by atoms with Crippen LogP contribution in [0.5, 0.6) is 5.75 Å². The third-order valence-corrected chi connectivity index (χ3v) is 8.74. The van der Waals surface area contributed by atoms with Gasteiger partial charge in [-0.05, 0) is 60.3 Å². The average molecular weight is 646 g/mol. The van der Waals surface area contributed by atoms with Crippen molar-refractivity contribution in [2.45, 2.75) is 12.8 Å². The van der Waals surface area contributed by atoms with Gasteiger partial charge in [-0.15, -0.1) is 11.3 Å². The zero-order chi connectivity index (χ0) is 31.8. The van der Waals surface area contributed by atoms with E-state index in [0.717, 1.165) is 83.6 Å². The highest BCUT2D eigenvalue weighted by molar-refractivity contribution is 7.10. The maximum Gasteiger partial charge on any atom is 0.229 e. The van der Waals surface area contributed by atoms with Gasteiger partial charge in [-0.25, -0.2) is 14.5 Å². The quantitative estimate of drug-likeness (QED) is 0.145. The van der Waals surface area contributed by atoms with E-state index in [9.17, 15) is 4.79 Å². The van der Waals surface area contributed by atoms with Crippen LogP contribution in [0, 0.1) is 0 Å². The molecule has 0 unspecified atom stereocenters. The van der Waals surface area contributed by atoms with Crippen LogP contribution >= 0.6 is 11.3 Å². The number of nitrogens with one attached hydrogen (secondary N) is 2. The maximum absolute atomic E-state index is 12.7. The molecule has 0 aliphatic carbocycles. The Morgan fingerprint density at radius 2 is 1.85 bits per heavy atom. The van der Waals surface area contributed by atoms with Gasteiger partial charge in [-0.2, -0.15) is 5.10 Å². The fourth-order valence-corrected chi connectivity index (χ4v) is 6.33. The van der Waals surface area contributed by atoms with Crippen molar-refractivity contribution < 1.29 is 14.3 Å². The Labute approximate surface area is 277 Å². The van der Waals surface area contributed by atoms with E-state index < -0.39 is 0 Å². The molecular weight excluding hydrogens is 611 g/mol. The smallest absolute Gasteiger partial charge is 0.229 e. The second kappa shape index (κ2) is 14.5. The molecule has 11 heteroatoms. The first-order valence-corrected chi connectivity index (χ1v) is 16.6. The Bertz CT molecular complexity index is 1950. The minimum Gasteiger partial charge on any atom is -0.493 e. The number of nitrogens with zero attached hydrogens (tertiary/aromatic N) is 5. The number of carbonyl (C=O) groups excluding carboxylic acids is 1. The van der Waals surface area contributed by atoms with Crippen molar-refractivity contribution >= 4 is 40.1 Å². The number of thiophene rings is 1. The van der Waals surface area contributed by atoms with Crippen LogP contribution in [0.1, 0.15) is 11.3 Å². The number of amides is 1. The number of benzene rings is 2. The van der Waals surface area contributed by atoms with Gasteiger partial charge in [0.15, 0.2) is 0 Å². The number of aromatic nitrogens is 4. The van der Waals surface area contributed by atoms with Crippen LogP contribution in [-0.2, 0) is 16.0 Å². The number of hydrogen-bond donors (Lipinski definition) is 2. The monoisotopic (exact) mass is 645 g/mol. The van der Waals surface area contributed by atoms with Crippen LogP contribution in [-0.4, -0.2) is 69.8 Å². The van der Waals surface area contributed by atoms with Crippen LogP contribution in [0.4, 0.5) is 17.3 Å². The van der Waals surface area contributed by atoms with E-state index in [4.69, 9.17) is 19.6 Å². The summed E-state index contributed by atoms with van der Waals surface area (Å²) in [7, 11) is 0. The lowest BCUT2D eigenvalue weighted by atomic mass is 10.0. The summed E-state index contributed by atoms with van der Waals surface area (Å²) in [5.41, 5.74) is 5.66. The molecule has 1 amide bonds. The summed E-state index contributed by atoms with van der Waals surface area (Å²) >= 11 is 1.57. The molecule has 5 heterocycles. The molecule has 4 aromatic heterocycles. The molecule has 1 saturated heterocycles. The predicted molar refractivity (Wildman–Crippen MR) is 185 cm³/mol. The van der Waals surface area contributed by atoms with Crippen molar-refractivity contribution in [1.82, 2.24) is 24.5 Å². The zero-order valence-corrected chi connectivity index (χ0v) is 26.7. The number of morpholine rings is 1. The molecule has 2 aromatic carbocycles. The first kappa shape index (κ1) is 30.5. The highest BCUT2D eigenvalue weighted by Crippen LogP contribution is 2.35. The minimum absolute atomic E-state index is 0.0613. The molecule has 10 nitrogen and oxygen atoms in total. The lowest BCUT2D eigenvalue weighted by Gasteiger charge is -2.26. The van der Waals surface area contributed by atoms with Crippen molar-refractivity contribution in [3.8, 4) is 28.3 Å². The third-order valence-electron chi connectivity index (χ3n) is 7.87. The van der Waals surface area contributed by atoms with Crippen molar-refractivity contribution in [1.29, 1.82) is 0 Å². The molecule has 0 radical (unpaired) electrons. The molecule has 238 valence electrons. The fourth-order valence-electron chi connectivity index (χ4n) is 5.63. The van der Waals surface area contributed by atoms with Gasteiger partial charge < -0.3 is 20.1 Å². The lowest BCUT2D eigenvalue weighted by molar-refractivity contribution is -0.115. The summed E-state index contributed by atoms with van der Waals surface area (Å²) < 4.78 is 13.3. The average Bonchev–Trinajstić information content (AvgIpc) is 3.76. The van der Waals surface area contributed by atoms with Gasteiger partial charge in [0, 0.05) is 59.9 Å². The zero-order valence-electron chi connectivity index (χ0n) is 25.8. The Morgan fingerprint density at radius 1 is 0.957 bits per heavy atom. The van der Waals surface area contributed by atoms with Gasteiger partial charge in [-0.1, -0.05) is 30.3 Å². The Kier molecular flexibility index (Phi) is 9.46. The summed E-state index contributed by atoms with van der Waals surface area (Å²) in [4.78, 5) is 25.6. The van der Waals surface area contributed by atoms with E-state index in [1.807, 2.05) is 101 Å². The van der Waals surface area contributed by atoms with Crippen LogP contribution in [0.15, 0.2) is 103 Å². The van der Waals surface area contributed by atoms with E-state index in [1.165, 1.54) is 0 Å². The third kappa shape index (κ3) is 7.66. The van der Waals surface area contributed by atoms with Crippen molar-refractivity contribution in [3.05, 3.63) is 108 Å². The SMILES string of the molecule is O=C(Cc1cccs1)Nc1cccc(-c2nn3ccccc3c2-c2ccnc(Nc3cccc(OCCCN4CCOCC4)c3)n2)c1. The molecule has 2 N–H and O–H groups in total. The van der Waals surface area contributed by atoms with Gasteiger partial charge >= 0.3 is 0 Å². The van der Waals surface area contributed by atoms with Crippen molar-refractivity contribution in [2.24, 2.45) is 0 Å². The van der Waals surface area contributed by atoms with E-state index in [0.29, 0.717) is 24.7 Å². The normalized spacial score (nSPS) is 13.4. The Morgan fingerprint density at radius 3 is 2.74 bits per heavy atom. The van der Waals surface area contributed by atoms with E-state index in [-0.39, 0.29) is 5.91 Å². The molecule has 1 aliphatic heterocycles. The molecule has 1 aliphatic rings. The number of hydrogen-bond acceptors (Lipinski definition) is 9. The van der Waals surface area contributed by atoms with Crippen LogP contribution in [0.2, 0.25) is 0 Å². The Hall–Kier alpha value is -5.10. The largest absolute Gasteiger partial charge is 0.493 e. The number of fused-ring (bicyclic) bond motifs is 1. The van der Waals surface area contributed by atoms with E-state index in [2.05, 4.69) is 20.5 Å². The van der Waals surface area contributed by atoms with Gasteiger partial charge in [0.25, 0.3) is 0 Å². The summed E-state index contributed by atoms with van der Waals surface area (Å²) in [6, 6.07) is 27.4. The first-order chi connectivity index (χ1) is 23.2. The van der Waals surface area contributed by atoms with Gasteiger partial charge in [0.2, 0.25) is 11.9 Å². The molecule has 0 saturated carbocycles. The van der Waals surface area contributed by atoms with Crippen LogP contribution in [0.3, 0.4) is 0 Å². The van der Waals surface area contributed by atoms with E-state index in [1.54, 1.807) is 17.5 Å². The van der Waals surface area contributed by atoms with E-state index >= 15 is 0 Å². The van der Waals surface area contributed by atoms with Crippen LogP contribution in [0.25, 0.3) is 28.0 Å². The van der Waals surface area contributed by atoms with Crippen molar-refractivity contribution in [2.75, 3.05) is 50.1 Å². The minimum atomic E-state index is -0.0613. The van der Waals surface area contributed by atoms with Crippen molar-refractivity contribution in [3.63, 3.8) is 0 Å². The first-order valence-electron chi connectivity index (χ1n) is 15.7. The molecule has 0 atom stereocenters. The maximum atomic E-state index is 12.7. The molecule has 0 spiro atoms. The highest BCUT2D eigenvalue weighted by atomic mass is 32.1. The van der Waals surface area contributed by atoms with Gasteiger partial charge in [-0.3, -0.25) is 9.69 Å². The van der Waals surface area contributed by atoms with Gasteiger partial charge in [0.05, 0.1) is 43.0 Å². The summed E-state index contributed by atoms with van der Waals surface area (Å²) in [6.07, 6.45) is 4.95. The second-order valence-electron chi connectivity index (χ2n) is 11.2. The number of anilines is 3. The number of carbonyl (C=O) groups is 1. The molecule has 7 rings (SSSR count). The summed E-state index contributed by atoms with van der Waals surface area (Å²) in [6.45, 7) is 5.22. The fraction of sp³-hybridized carbons (Fsp3) is 0.222. The standard InChI is InChI=1S/C36H35N7O3S/c44-33(25-30-11-5-22-47-30)38-27-8-3-7-26(23-27)35-34(32-12-1-2-16-43(32)41-35)31-13-14-37-36(40-31)39-28-9-4-10-29(24-28)46-19-6-15-42-17-20-45-21-18-42/h1-5,7-14,16,22-24H,6,15,17-21,25H2,(H,38,44)(H,37,39,40). The number of rotatable bonds is 12. The van der Waals surface area contributed by atoms with Gasteiger partial charge in [0.1, 0.15) is 11.4 Å². The summed E-state index contributed by atoms with van der Waals surface area (Å²) in [5.74, 6) is 1.19. The lowest BCUT2D eigenvalue weighted by Crippen LogP contribution is -2.37. The molecule has 47 heavy (non-hydrogen) atoms. The molecule has 6 aromatic rings. The number of ether oxygens (including phenoxy) is 2. The predicted octanol–water partition coefficient (Wildman–Crippen LogP) is 6.55. The van der Waals surface area contributed by atoms with Crippen LogP contribution < -0.4 is 15.4 Å². The molecular formula is C36H35N7O3S. The number of pyridine rings is 1.